The number of amides is 1. The van der Waals surface area contributed by atoms with E-state index < -0.39 is 0 Å². The number of rotatable bonds is 4. The van der Waals surface area contributed by atoms with Crippen molar-refractivity contribution in [3.05, 3.63) is 76.7 Å². The zero-order valence-corrected chi connectivity index (χ0v) is 15.6. The molecule has 4 aromatic rings. The molecule has 0 saturated heterocycles. The summed E-state index contributed by atoms with van der Waals surface area (Å²) in [7, 11) is 0. The third-order valence-corrected chi connectivity index (χ3v) is 4.55. The van der Waals surface area contributed by atoms with E-state index in [0.717, 1.165) is 39.1 Å². The maximum atomic E-state index is 12.7. The van der Waals surface area contributed by atoms with Gasteiger partial charge in [-0.1, -0.05) is 23.8 Å². The Morgan fingerprint density at radius 2 is 1.96 bits per heavy atom. The van der Waals surface area contributed by atoms with E-state index in [4.69, 9.17) is 0 Å². The number of aromatic amines is 1. The van der Waals surface area contributed by atoms with Crippen LogP contribution in [0.5, 0.6) is 0 Å². The van der Waals surface area contributed by atoms with Gasteiger partial charge in [0, 0.05) is 16.8 Å². The van der Waals surface area contributed by atoms with Crippen LogP contribution in [0.25, 0.3) is 10.9 Å². The van der Waals surface area contributed by atoms with Crippen LogP contribution in [0, 0.1) is 20.8 Å². The topological polar surface area (TPSA) is 75.6 Å². The molecular formula is C21H21N5O. The standard InChI is InChI=1S/C21H21N5O/c1-13-7-8-19-18(9-13)20(24-23-19)21(27)22-17-6-4-5-16(11-17)12-26-15(3)10-14(2)25-26/h4-11H,12H2,1-3H3,(H,22,27)(H,23,24). The second-order valence-corrected chi connectivity index (χ2v) is 6.86. The Kier molecular flexibility index (Phi) is 4.24. The highest BCUT2D eigenvalue weighted by molar-refractivity contribution is 6.11. The van der Waals surface area contributed by atoms with Gasteiger partial charge in [-0.2, -0.15) is 10.2 Å². The van der Waals surface area contributed by atoms with Crippen molar-refractivity contribution in [3.63, 3.8) is 0 Å². The number of H-pyrrole nitrogens is 1. The van der Waals surface area contributed by atoms with Crippen molar-refractivity contribution in [3.8, 4) is 0 Å². The lowest BCUT2D eigenvalue weighted by Crippen LogP contribution is -2.13. The fraction of sp³-hybridized carbons (Fsp3) is 0.190. The predicted octanol–water partition coefficient (Wildman–Crippen LogP) is 3.99. The molecule has 2 aromatic heterocycles. The minimum atomic E-state index is -0.227. The first-order valence-corrected chi connectivity index (χ1v) is 8.86. The molecule has 0 fully saturated rings. The number of nitrogens with zero attached hydrogens (tertiary/aromatic N) is 3. The average molecular weight is 359 g/mol. The molecule has 0 aliphatic heterocycles. The molecule has 0 spiro atoms. The molecule has 4 rings (SSSR count). The molecule has 136 valence electrons. The summed E-state index contributed by atoms with van der Waals surface area (Å²) in [5.41, 5.74) is 6.26. The Morgan fingerprint density at radius 1 is 1.11 bits per heavy atom. The molecule has 0 saturated carbocycles. The zero-order chi connectivity index (χ0) is 19.0. The number of fused-ring (bicyclic) bond motifs is 1. The van der Waals surface area contributed by atoms with Crippen LogP contribution in [0.4, 0.5) is 5.69 Å². The van der Waals surface area contributed by atoms with E-state index in [0.29, 0.717) is 12.2 Å². The van der Waals surface area contributed by atoms with E-state index in [1.165, 1.54) is 0 Å². The van der Waals surface area contributed by atoms with Crippen molar-refractivity contribution in [1.29, 1.82) is 0 Å². The largest absolute Gasteiger partial charge is 0.321 e. The summed E-state index contributed by atoms with van der Waals surface area (Å²) in [5.74, 6) is -0.227. The molecule has 2 aromatic carbocycles. The maximum Gasteiger partial charge on any atom is 0.276 e. The number of carbonyl (C=O) groups excluding carboxylic acids is 1. The zero-order valence-electron chi connectivity index (χ0n) is 15.6. The number of anilines is 1. The van der Waals surface area contributed by atoms with Gasteiger partial charge in [-0.15, -0.1) is 0 Å². The van der Waals surface area contributed by atoms with Crippen molar-refractivity contribution in [2.75, 3.05) is 5.32 Å². The summed E-state index contributed by atoms with van der Waals surface area (Å²) >= 11 is 0. The number of carbonyl (C=O) groups is 1. The molecule has 0 bridgehead atoms. The average Bonchev–Trinajstić information content (AvgIpc) is 3.17. The van der Waals surface area contributed by atoms with Gasteiger partial charge < -0.3 is 5.32 Å². The SMILES string of the molecule is Cc1ccc2[nH]nc(C(=O)Nc3cccc(Cn4nc(C)cc4C)c3)c2c1. The molecular weight excluding hydrogens is 338 g/mol. The molecule has 0 aliphatic rings. The molecule has 0 aliphatic carbocycles. The molecule has 2 heterocycles. The van der Waals surface area contributed by atoms with Crippen LogP contribution in [0.3, 0.4) is 0 Å². The summed E-state index contributed by atoms with van der Waals surface area (Å²) in [4.78, 5) is 12.7. The Hall–Kier alpha value is -3.41. The van der Waals surface area contributed by atoms with E-state index >= 15 is 0 Å². The minimum Gasteiger partial charge on any atom is -0.321 e. The lowest BCUT2D eigenvalue weighted by molar-refractivity contribution is 0.102. The lowest BCUT2D eigenvalue weighted by atomic mass is 10.1. The molecule has 0 atom stereocenters. The monoisotopic (exact) mass is 359 g/mol. The van der Waals surface area contributed by atoms with Gasteiger partial charge in [-0.3, -0.25) is 14.6 Å². The number of aryl methyl sites for hydroxylation is 3. The Balaban J connectivity index is 1.56. The van der Waals surface area contributed by atoms with Crippen LogP contribution in [0.1, 0.15) is 33.0 Å². The van der Waals surface area contributed by atoms with E-state index in [-0.39, 0.29) is 5.91 Å². The quantitative estimate of drug-likeness (QED) is 0.578. The second-order valence-electron chi connectivity index (χ2n) is 6.86. The molecule has 0 unspecified atom stereocenters. The molecule has 6 heteroatoms. The highest BCUT2D eigenvalue weighted by Crippen LogP contribution is 2.20. The van der Waals surface area contributed by atoms with Crippen LogP contribution >= 0.6 is 0 Å². The molecule has 6 nitrogen and oxygen atoms in total. The Bertz CT molecular complexity index is 1140. The van der Waals surface area contributed by atoms with Crippen LogP contribution in [-0.4, -0.2) is 25.9 Å². The third-order valence-electron chi connectivity index (χ3n) is 4.55. The summed E-state index contributed by atoms with van der Waals surface area (Å²) in [6.45, 7) is 6.68. The fourth-order valence-corrected chi connectivity index (χ4v) is 3.25. The highest BCUT2D eigenvalue weighted by atomic mass is 16.1. The van der Waals surface area contributed by atoms with Gasteiger partial charge in [0.25, 0.3) is 5.91 Å². The Morgan fingerprint density at radius 3 is 2.74 bits per heavy atom. The number of hydrogen-bond donors (Lipinski definition) is 2. The van der Waals surface area contributed by atoms with Gasteiger partial charge in [-0.05, 0) is 56.7 Å². The van der Waals surface area contributed by atoms with E-state index in [9.17, 15) is 4.79 Å². The van der Waals surface area contributed by atoms with Gasteiger partial charge in [-0.25, -0.2) is 0 Å². The summed E-state index contributed by atoms with van der Waals surface area (Å²) < 4.78 is 1.96. The smallest absolute Gasteiger partial charge is 0.276 e. The first-order chi connectivity index (χ1) is 13.0. The van der Waals surface area contributed by atoms with Gasteiger partial charge in [0.1, 0.15) is 0 Å². The van der Waals surface area contributed by atoms with Gasteiger partial charge in [0.05, 0.1) is 17.8 Å². The highest BCUT2D eigenvalue weighted by Gasteiger charge is 2.14. The first kappa shape index (κ1) is 17.0. The van der Waals surface area contributed by atoms with Crippen molar-refractivity contribution in [1.82, 2.24) is 20.0 Å². The number of benzene rings is 2. The number of nitrogens with one attached hydrogen (secondary N) is 2. The predicted molar refractivity (Wildman–Crippen MR) is 106 cm³/mol. The van der Waals surface area contributed by atoms with E-state index in [2.05, 4.69) is 26.7 Å². The minimum absolute atomic E-state index is 0.227. The number of aromatic nitrogens is 4. The van der Waals surface area contributed by atoms with Gasteiger partial charge in [0.2, 0.25) is 0 Å². The third kappa shape index (κ3) is 3.46. The van der Waals surface area contributed by atoms with E-state index in [1.807, 2.05) is 67.9 Å². The van der Waals surface area contributed by atoms with Crippen molar-refractivity contribution >= 4 is 22.5 Å². The Labute approximate surface area is 157 Å². The molecule has 27 heavy (non-hydrogen) atoms. The van der Waals surface area contributed by atoms with Crippen molar-refractivity contribution in [2.45, 2.75) is 27.3 Å². The fourth-order valence-electron chi connectivity index (χ4n) is 3.25. The van der Waals surface area contributed by atoms with Crippen LogP contribution in [-0.2, 0) is 6.54 Å². The van der Waals surface area contributed by atoms with Gasteiger partial charge in [0.15, 0.2) is 5.69 Å². The maximum absolute atomic E-state index is 12.7. The van der Waals surface area contributed by atoms with Crippen LogP contribution in [0.15, 0.2) is 48.5 Å². The van der Waals surface area contributed by atoms with Crippen LogP contribution in [0.2, 0.25) is 0 Å². The first-order valence-electron chi connectivity index (χ1n) is 8.86. The normalized spacial score (nSPS) is 11.1. The summed E-state index contributed by atoms with van der Waals surface area (Å²) in [6, 6.07) is 15.7. The van der Waals surface area contributed by atoms with Crippen molar-refractivity contribution < 1.29 is 4.79 Å². The molecule has 1 amide bonds. The van der Waals surface area contributed by atoms with E-state index in [1.54, 1.807) is 0 Å². The van der Waals surface area contributed by atoms with Crippen molar-refractivity contribution in [2.24, 2.45) is 0 Å². The number of hydrogen-bond acceptors (Lipinski definition) is 3. The second kappa shape index (κ2) is 6.72. The molecule has 0 radical (unpaired) electrons. The lowest BCUT2D eigenvalue weighted by Gasteiger charge is -2.08. The van der Waals surface area contributed by atoms with Gasteiger partial charge >= 0.3 is 0 Å². The van der Waals surface area contributed by atoms with Crippen LogP contribution < -0.4 is 5.32 Å². The summed E-state index contributed by atoms with van der Waals surface area (Å²) in [6.07, 6.45) is 0. The molecule has 2 N–H and O–H groups in total. The summed E-state index contributed by atoms with van der Waals surface area (Å²) in [5, 5.41) is 15.4.